The van der Waals surface area contributed by atoms with Gasteiger partial charge in [-0.2, -0.15) is 5.10 Å². The summed E-state index contributed by atoms with van der Waals surface area (Å²) in [6, 6.07) is 14.0. The van der Waals surface area contributed by atoms with E-state index in [0.29, 0.717) is 24.7 Å². The smallest absolute Gasteiger partial charge is 0.261 e. The molecule has 2 heterocycles. The lowest BCUT2D eigenvalue weighted by atomic mass is 10.1. The fourth-order valence-electron chi connectivity index (χ4n) is 3.28. The van der Waals surface area contributed by atoms with Gasteiger partial charge in [-0.1, -0.05) is 6.07 Å². The Hall–Kier alpha value is -3.17. The van der Waals surface area contributed by atoms with Crippen LogP contribution in [0.15, 0.2) is 59.6 Å². The second-order valence-electron chi connectivity index (χ2n) is 7.45. The average Bonchev–Trinajstić information content (AvgIpc) is 2.77. The Bertz CT molecular complexity index is 1160. The highest BCUT2D eigenvalue weighted by Crippen LogP contribution is 2.23. The first-order valence-electron chi connectivity index (χ1n) is 10.0. The van der Waals surface area contributed by atoms with Crippen LogP contribution in [-0.4, -0.2) is 44.9 Å². The molecule has 2 N–H and O–H groups in total. The molecule has 1 aliphatic rings. The predicted molar refractivity (Wildman–Crippen MR) is 122 cm³/mol. The first-order chi connectivity index (χ1) is 14.9. The molecule has 4 rings (SSSR count). The van der Waals surface area contributed by atoms with Crippen molar-refractivity contribution in [1.29, 1.82) is 0 Å². The number of anilines is 4. The average molecular weight is 440 g/mol. The number of rotatable bonds is 6. The number of ether oxygens (including phenoxy) is 1. The van der Waals surface area contributed by atoms with Gasteiger partial charge in [-0.15, -0.1) is 5.10 Å². The number of sulfonamides is 1. The molecule has 0 bridgehead atoms. The molecule has 1 aliphatic heterocycles. The van der Waals surface area contributed by atoms with Gasteiger partial charge in [0.2, 0.25) is 0 Å². The van der Waals surface area contributed by atoms with E-state index in [9.17, 15) is 8.42 Å². The van der Waals surface area contributed by atoms with Crippen LogP contribution in [0, 0.1) is 13.8 Å². The second-order valence-corrected chi connectivity index (χ2v) is 9.13. The molecular formula is C22H25N5O3S. The van der Waals surface area contributed by atoms with Crippen LogP contribution >= 0.6 is 0 Å². The molecule has 0 unspecified atom stereocenters. The molecule has 0 amide bonds. The maximum absolute atomic E-state index is 12.7. The molecule has 9 heteroatoms. The van der Waals surface area contributed by atoms with Crippen LogP contribution in [0.1, 0.15) is 11.1 Å². The van der Waals surface area contributed by atoms with Gasteiger partial charge < -0.3 is 15.0 Å². The molecule has 3 aromatic rings. The summed E-state index contributed by atoms with van der Waals surface area (Å²) in [5.41, 5.74) is 4.23. The van der Waals surface area contributed by atoms with Gasteiger partial charge in [-0.3, -0.25) is 4.72 Å². The zero-order chi connectivity index (χ0) is 21.8. The van der Waals surface area contributed by atoms with E-state index in [2.05, 4.69) is 25.1 Å². The Morgan fingerprint density at radius 2 is 1.65 bits per heavy atom. The lowest BCUT2D eigenvalue weighted by Gasteiger charge is -2.28. The molecule has 1 aromatic heterocycles. The van der Waals surface area contributed by atoms with E-state index < -0.39 is 10.0 Å². The van der Waals surface area contributed by atoms with Crippen molar-refractivity contribution in [3.05, 3.63) is 65.9 Å². The summed E-state index contributed by atoms with van der Waals surface area (Å²) >= 11 is 0. The highest BCUT2D eigenvalue weighted by molar-refractivity contribution is 7.92. The van der Waals surface area contributed by atoms with Gasteiger partial charge in [-0.25, -0.2) is 8.42 Å². The van der Waals surface area contributed by atoms with Crippen molar-refractivity contribution < 1.29 is 13.2 Å². The van der Waals surface area contributed by atoms with Gasteiger partial charge in [0, 0.05) is 30.5 Å². The number of nitrogens with zero attached hydrogens (tertiary/aromatic N) is 3. The maximum Gasteiger partial charge on any atom is 0.261 e. The van der Waals surface area contributed by atoms with Crippen LogP contribution in [0.4, 0.5) is 22.9 Å². The Balaban J connectivity index is 1.44. The SMILES string of the molecule is Cc1ccc(S(=O)(=O)Nc2ccc(Nc3cc(N4CCOCC4)cnn3)cc2)cc1C. The third-order valence-electron chi connectivity index (χ3n) is 5.21. The van der Waals surface area contributed by atoms with Crippen molar-refractivity contribution in [2.24, 2.45) is 0 Å². The molecule has 1 saturated heterocycles. The predicted octanol–water partition coefficient (Wildman–Crippen LogP) is 3.47. The topological polar surface area (TPSA) is 96.5 Å². The maximum atomic E-state index is 12.7. The van der Waals surface area contributed by atoms with Gasteiger partial charge in [0.25, 0.3) is 10.0 Å². The number of hydrogen-bond acceptors (Lipinski definition) is 7. The zero-order valence-electron chi connectivity index (χ0n) is 17.5. The lowest BCUT2D eigenvalue weighted by Crippen LogP contribution is -2.36. The molecule has 0 atom stereocenters. The Morgan fingerprint density at radius 1 is 0.935 bits per heavy atom. The van der Waals surface area contributed by atoms with Gasteiger partial charge in [0.05, 0.1) is 30.0 Å². The highest BCUT2D eigenvalue weighted by Gasteiger charge is 2.15. The summed E-state index contributed by atoms with van der Waals surface area (Å²) in [4.78, 5) is 2.45. The molecule has 1 fully saturated rings. The van der Waals surface area contributed by atoms with Crippen LogP contribution in [-0.2, 0) is 14.8 Å². The van der Waals surface area contributed by atoms with E-state index in [-0.39, 0.29) is 4.90 Å². The standard InChI is InChI=1S/C22H25N5O3S/c1-16-3-8-21(13-17(16)2)31(28,29)26-19-6-4-18(5-7-19)24-22-14-20(15-23-25-22)27-9-11-30-12-10-27/h3-8,13-15,26H,9-12H2,1-2H3,(H,24,25). The minimum atomic E-state index is -3.65. The van der Waals surface area contributed by atoms with E-state index in [1.807, 2.05) is 26.0 Å². The number of aromatic nitrogens is 2. The number of nitrogens with one attached hydrogen (secondary N) is 2. The quantitative estimate of drug-likeness (QED) is 0.607. The van der Waals surface area contributed by atoms with Crippen molar-refractivity contribution >= 4 is 32.9 Å². The molecule has 0 saturated carbocycles. The first kappa shape index (κ1) is 21.1. The van der Waals surface area contributed by atoms with Gasteiger partial charge in [0.15, 0.2) is 5.82 Å². The van der Waals surface area contributed by atoms with Crippen LogP contribution in [0.5, 0.6) is 0 Å². The lowest BCUT2D eigenvalue weighted by molar-refractivity contribution is 0.122. The monoisotopic (exact) mass is 439 g/mol. The van der Waals surface area contributed by atoms with E-state index in [4.69, 9.17) is 4.74 Å². The minimum absolute atomic E-state index is 0.244. The van der Waals surface area contributed by atoms with E-state index in [1.54, 1.807) is 42.6 Å². The summed E-state index contributed by atoms with van der Waals surface area (Å²) in [6.45, 7) is 6.88. The van der Waals surface area contributed by atoms with E-state index in [0.717, 1.165) is 35.6 Å². The van der Waals surface area contributed by atoms with Crippen LogP contribution in [0.3, 0.4) is 0 Å². The number of aryl methyl sites for hydroxylation is 2. The molecular weight excluding hydrogens is 414 g/mol. The molecule has 0 radical (unpaired) electrons. The minimum Gasteiger partial charge on any atom is -0.378 e. The first-order valence-corrected chi connectivity index (χ1v) is 11.5. The van der Waals surface area contributed by atoms with Crippen molar-refractivity contribution in [3.8, 4) is 0 Å². The number of morpholine rings is 1. The Morgan fingerprint density at radius 3 is 2.35 bits per heavy atom. The fraction of sp³-hybridized carbons (Fsp3) is 0.273. The third kappa shape index (κ3) is 5.12. The Labute approximate surface area is 182 Å². The molecule has 0 spiro atoms. The molecule has 162 valence electrons. The van der Waals surface area contributed by atoms with Crippen LogP contribution in [0.25, 0.3) is 0 Å². The normalized spacial score (nSPS) is 14.3. The molecule has 31 heavy (non-hydrogen) atoms. The third-order valence-corrected chi connectivity index (χ3v) is 6.59. The second kappa shape index (κ2) is 8.91. The van der Waals surface area contributed by atoms with Crippen LogP contribution < -0.4 is 14.9 Å². The molecule has 8 nitrogen and oxygen atoms in total. The van der Waals surface area contributed by atoms with Crippen LogP contribution in [0.2, 0.25) is 0 Å². The summed E-state index contributed by atoms with van der Waals surface area (Å²) in [7, 11) is -3.65. The van der Waals surface area contributed by atoms with Crippen molar-refractivity contribution in [2.45, 2.75) is 18.7 Å². The largest absolute Gasteiger partial charge is 0.378 e. The summed E-state index contributed by atoms with van der Waals surface area (Å²) in [6.07, 6.45) is 1.74. The van der Waals surface area contributed by atoms with Gasteiger partial charge in [0.1, 0.15) is 0 Å². The number of hydrogen-bond donors (Lipinski definition) is 2. The zero-order valence-corrected chi connectivity index (χ0v) is 18.3. The van der Waals surface area contributed by atoms with Crippen molar-refractivity contribution in [3.63, 3.8) is 0 Å². The van der Waals surface area contributed by atoms with Gasteiger partial charge in [-0.05, 0) is 61.4 Å². The van der Waals surface area contributed by atoms with Crippen molar-refractivity contribution in [1.82, 2.24) is 10.2 Å². The van der Waals surface area contributed by atoms with E-state index in [1.165, 1.54) is 0 Å². The summed E-state index contributed by atoms with van der Waals surface area (Å²) in [5, 5.41) is 11.4. The molecule has 2 aromatic carbocycles. The molecule has 0 aliphatic carbocycles. The van der Waals surface area contributed by atoms with E-state index >= 15 is 0 Å². The summed E-state index contributed by atoms with van der Waals surface area (Å²) < 4.78 is 33.4. The van der Waals surface area contributed by atoms with Crippen molar-refractivity contribution in [2.75, 3.05) is 41.2 Å². The Kier molecular flexibility index (Phi) is 6.06. The summed E-state index contributed by atoms with van der Waals surface area (Å²) in [5.74, 6) is 0.618. The fourth-order valence-corrected chi connectivity index (χ4v) is 4.42. The van der Waals surface area contributed by atoms with Gasteiger partial charge >= 0.3 is 0 Å². The number of benzene rings is 2. The highest BCUT2D eigenvalue weighted by atomic mass is 32.2.